The molecule has 0 aliphatic carbocycles. The van der Waals surface area contributed by atoms with Crippen LogP contribution in [0.2, 0.25) is 0 Å². The molecule has 1 N–H and O–H groups in total. The molecule has 0 heterocycles. The van der Waals surface area contributed by atoms with Gasteiger partial charge in [-0.25, -0.2) is 0 Å². The van der Waals surface area contributed by atoms with Crippen LogP contribution in [0.1, 0.15) is 23.7 Å². The maximum Gasteiger partial charge on any atom is 0.251 e. The largest absolute Gasteiger partial charge is 0.378 e. The van der Waals surface area contributed by atoms with Gasteiger partial charge in [-0.15, -0.1) is 11.8 Å². The van der Waals surface area contributed by atoms with Crippen molar-refractivity contribution in [2.24, 2.45) is 0 Å². The van der Waals surface area contributed by atoms with Crippen molar-refractivity contribution in [3.05, 3.63) is 29.8 Å². The van der Waals surface area contributed by atoms with Gasteiger partial charge in [0, 0.05) is 38.3 Å². The number of carbonyl (C=O) groups excluding carboxylic acids is 1. The van der Waals surface area contributed by atoms with Crippen LogP contribution in [0.25, 0.3) is 0 Å². The van der Waals surface area contributed by atoms with Crippen LogP contribution < -0.4 is 10.2 Å². The van der Waals surface area contributed by atoms with Crippen molar-refractivity contribution in [1.29, 1.82) is 0 Å². The molecular weight excluding hydrogens is 212 g/mol. The average molecular weight is 230 g/mol. The van der Waals surface area contributed by atoms with Crippen LogP contribution in [0.3, 0.4) is 0 Å². The molecule has 0 aromatic heterocycles. The fourth-order valence-electron chi connectivity index (χ4n) is 1.39. The SMILES string of the molecule is CC#CCCNC(=O)c1cccc(N(C)C)c1. The molecule has 0 saturated carbocycles. The quantitative estimate of drug-likeness (QED) is 0.633. The Bertz CT molecular complexity index is 441. The van der Waals surface area contributed by atoms with E-state index in [4.69, 9.17) is 0 Å². The summed E-state index contributed by atoms with van der Waals surface area (Å²) < 4.78 is 0. The second-order valence-electron chi connectivity index (χ2n) is 3.88. The highest BCUT2D eigenvalue weighted by Gasteiger charge is 2.05. The van der Waals surface area contributed by atoms with Crippen molar-refractivity contribution in [1.82, 2.24) is 5.32 Å². The molecule has 0 unspecified atom stereocenters. The second-order valence-corrected chi connectivity index (χ2v) is 3.88. The topological polar surface area (TPSA) is 32.3 Å². The zero-order valence-corrected chi connectivity index (χ0v) is 10.6. The maximum atomic E-state index is 11.8. The highest BCUT2D eigenvalue weighted by Crippen LogP contribution is 2.13. The van der Waals surface area contributed by atoms with Gasteiger partial charge in [0.2, 0.25) is 0 Å². The van der Waals surface area contributed by atoms with Gasteiger partial charge < -0.3 is 10.2 Å². The molecule has 0 saturated heterocycles. The van der Waals surface area contributed by atoms with Gasteiger partial charge in [0.05, 0.1) is 0 Å². The van der Waals surface area contributed by atoms with Gasteiger partial charge in [0.15, 0.2) is 0 Å². The van der Waals surface area contributed by atoms with Crippen LogP contribution in [-0.2, 0) is 0 Å². The van der Waals surface area contributed by atoms with E-state index in [2.05, 4.69) is 17.2 Å². The molecule has 1 aromatic rings. The summed E-state index contributed by atoms with van der Waals surface area (Å²) in [6.45, 7) is 2.38. The minimum absolute atomic E-state index is 0.0494. The van der Waals surface area contributed by atoms with Gasteiger partial charge in [-0.1, -0.05) is 6.07 Å². The fourth-order valence-corrected chi connectivity index (χ4v) is 1.39. The van der Waals surface area contributed by atoms with Crippen molar-refractivity contribution in [2.75, 3.05) is 25.5 Å². The summed E-state index contributed by atoms with van der Waals surface area (Å²) in [5.74, 6) is 5.66. The van der Waals surface area contributed by atoms with E-state index in [-0.39, 0.29) is 5.91 Å². The Kier molecular flexibility index (Phi) is 5.09. The van der Waals surface area contributed by atoms with E-state index in [1.165, 1.54) is 0 Å². The molecule has 0 spiro atoms. The Balaban J connectivity index is 2.61. The average Bonchev–Trinajstić information content (AvgIpc) is 2.34. The minimum atomic E-state index is -0.0494. The van der Waals surface area contributed by atoms with Crippen LogP contribution >= 0.6 is 0 Å². The van der Waals surface area contributed by atoms with E-state index >= 15 is 0 Å². The van der Waals surface area contributed by atoms with E-state index in [1.54, 1.807) is 6.92 Å². The van der Waals surface area contributed by atoms with Gasteiger partial charge in [-0.3, -0.25) is 4.79 Å². The van der Waals surface area contributed by atoms with Gasteiger partial charge in [0.1, 0.15) is 0 Å². The summed E-state index contributed by atoms with van der Waals surface area (Å²) in [5, 5.41) is 2.84. The third-order valence-corrected chi connectivity index (χ3v) is 2.34. The van der Waals surface area contributed by atoms with Crippen molar-refractivity contribution >= 4 is 11.6 Å². The summed E-state index contributed by atoms with van der Waals surface area (Å²) in [5.41, 5.74) is 1.70. The standard InChI is InChI=1S/C14H18N2O/c1-4-5-6-10-15-14(17)12-8-7-9-13(11-12)16(2)3/h7-9,11H,6,10H2,1-3H3,(H,15,17). The first-order valence-electron chi connectivity index (χ1n) is 5.60. The van der Waals surface area contributed by atoms with E-state index < -0.39 is 0 Å². The second kappa shape index (κ2) is 6.59. The third kappa shape index (κ3) is 4.20. The van der Waals surface area contributed by atoms with Gasteiger partial charge >= 0.3 is 0 Å². The lowest BCUT2D eigenvalue weighted by atomic mass is 10.2. The van der Waals surface area contributed by atoms with Crippen LogP contribution in [-0.4, -0.2) is 26.5 Å². The number of hydrogen-bond acceptors (Lipinski definition) is 2. The fraction of sp³-hybridized carbons (Fsp3) is 0.357. The first-order valence-corrected chi connectivity index (χ1v) is 5.60. The van der Waals surface area contributed by atoms with E-state index in [0.717, 1.165) is 5.69 Å². The molecule has 17 heavy (non-hydrogen) atoms. The summed E-state index contributed by atoms with van der Waals surface area (Å²) in [7, 11) is 3.90. The number of nitrogens with one attached hydrogen (secondary N) is 1. The Hall–Kier alpha value is -1.95. The summed E-state index contributed by atoms with van der Waals surface area (Å²) >= 11 is 0. The molecule has 0 atom stereocenters. The normalized spacial score (nSPS) is 9.12. The molecule has 3 heteroatoms. The lowest BCUT2D eigenvalue weighted by molar-refractivity contribution is 0.0954. The number of nitrogens with zero attached hydrogens (tertiary/aromatic N) is 1. The Morgan fingerprint density at radius 1 is 1.41 bits per heavy atom. The molecule has 0 aliphatic heterocycles. The molecule has 1 rings (SSSR count). The Morgan fingerprint density at radius 2 is 2.18 bits per heavy atom. The van der Waals surface area contributed by atoms with Gasteiger partial charge in [-0.05, 0) is 25.1 Å². The zero-order valence-electron chi connectivity index (χ0n) is 10.6. The van der Waals surface area contributed by atoms with Crippen LogP contribution in [0.15, 0.2) is 24.3 Å². The van der Waals surface area contributed by atoms with E-state index in [0.29, 0.717) is 18.5 Å². The summed E-state index contributed by atoms with van der Waals surface area (Å²) in [6.07, 6.45) is 0.690. The zero-order chi connectivity index (χ0) is 12.7. The lowest BCUT2D eigenvalue weighted by Gasteiger charge is -2.13. The number of hydrogen-bond donors (Lipinski definition) is 1. The number of rotatable bonds is 4. The molecule has 0 bridgehead atoms. The highest BCUT2D eigenvalue weighted by atomic mass is 16.1. The van der Waals surface area contributed by atoms with E-state index in [9.17, 15) is 4.79 Å². The van der Waals surface area contributed by atoms with Gasteiger partial charge in [-0.2, -0.15) is 0 Å². The molecule has 0 radical (unpaired) electrons. The molecule has 1 aromatic carbocycles. The first kappa shape index (κ1) is 13.1. The Labute approximate surface area is 103 Å². The molecule has 3 nitrogen and oxygen atoms in total. The minimum Gasteiger partial charge on any atom is -0.378 e. The highest BCUT2D eigenvalue weighted by molar-refractivity contribution is 5.95. The van der Waals surface area contributed by atoms with Crippen molar-refractivity contribution < 1.29 is 4.79 Å². The molecular formula is C14H18N2O. The van der Waals surface area contributed by atoms with E-state index in [1.807, 2.05) is 43.3 Å². The lowest BCUT2D eigenvalue weighted by Crippen LogP contribution is -2.24. The monoisotopic (exact) mass is 230 g/mol. The first-order chi connectivity index (χ1) is 8.15. The van der Waals surface area contributed by atoms with Gasteiger partial charge in [0.25, 0.3) is 5.91 Å². The number of carbonyl (C=O) groups is 1. The van der Waals surface area contributed by atoms with Crippen LogP contribution in [0.5, 0.6) is 0 Å². The van der Waals surface area contributed by atoms with Crippen molar-refractivity contribution in [2.45, 2.75) is 13.3 Å². The van der Waals surface area contributed by atoms with Crippen molar-refractivity contribution in [3.63, 3.8) is 0 Å². The molecule has 1 amide bonds. The summed E-state index contributed by atoms with van der Waals surface area (Å²) in [6, 6.07) is 7.55. The smallest absolute Gasteiger partial charge is 0.251 e. The number of anilines is 1. The van der Waals surface area contributed by atoms with Crippen LogP contribution in [0.4, 0.5) is 5.69 Å². The predicted octanol–water partition coefficient (Wildman–Crippen LogP) is 1.90. The molecule has 0 aliphatic rings. The number of benzene rings is 1. The third-order valence-electron chi connectivity index (χ3n) is 2.34. The van der Waals surface area contributed by atoms with Crippen molar-refractivity contribution in [3.8, 4) is 11.8 Å². The van der Waals surface area contributed by atoms with Crippen LogP contribution in [0, 0.1) is 11.8 Å². The predicted molar refractivity (Wildman–Crippen MR) is 71.2 cm³/mol. The Morgan fingerprint density at radius 3 is 2.82 bits per heavy atom. The summed E-state index contributed by atoms with van der Waals surface area (Å²) in [4.78, 5) is 13.8. The maximum absolute atomic E-state index is 11.8. The number of amides is 1. The molecule has 0 fully saturated rings. The molecule has 90 valence electrons.